The van der Waals surface area contributed by atoms with E-state index in [-0.39, 0.29) is 5.41 Å². The van der Waals surface area contributed by atoms with E-state index in [2.05, 4.69) is 29.3 Å². The molecule has 0 amide bonds. The van der Waals surface area contributed by atoms with Crippen molar-refractivity contribution in [1.82, 2.24) is 10.2 Å². The smallest absolute Gasteiger partial charge is 0.158 e. The van der Waals surface area contributed by atoms with E-state index in [1.54, 1.807) is 0 Å². The van der Waals surface area contributed by atoms with Crippen molar-refractivity contribution in [2.75, 3.05) is 0 Å². The molecule has 0 fully saturated rings. The van der Waals surface area contributed by atoms with Crippen molar-refractivity contribution < 1.29 is 4.79 Å². The number of rotatable bonds is 0. The van der Waals surface area contributed by atoms with Gasteiger partial charge in [-0.3, -0.25) is 9.89 Å². The van der Waals surface area contributed by atoms with Crippen molar-refractivity contribution in [2.24, 2.45) is 5.41 Å². The fourth-order valence-electron chi connectivity index (χ4n) is 3.89. The lowest BCUT2D eigenvalue weighted by atomic mass is 9.71. The van der Waals surface area contributed by atoms with Crippen molar-refractivity contribution in [2.45, 2.75) is 33.1 Å². The van der Waals surface area contributed by atoms with Gasteiger partial charge in [0.15, 0.2) is 5.78 Å². The monoisotopic (exact) mass is 252 g/mol. The lowest BCUT2D eigenvalue weighted by molar-refractivity contribution is -0.116. The Morgan fingerprint density at radius 1 is 1.37 bits per heavy atom. The van der Waals surface area contributed by atoms with Gasteiger partial charge in [-0.05, 0) is 53.5 Å². The normalized spacial score (nSPS) is 25.9. The van der Waals surface area contributed by atoms with E-state index in [0.717, 1.165) is 23.9 Å². The highest BCUT2D eigenvalue weighted by atomic mass is 16.1. The minimum atomic E-state index is 0.131. The Morgan fingerprint density at radius 2 is 2.21 bits per heavy atom. The maximum absolute atomic E-state index is 12.0. The van der Waals surface area contributed by atoms with Crippen LogP contribution in [-0.2, 0) is 11.2 Å². The SMILES string of the molecule is CC1=C2c3ccc4[nH]ncc4c3CC2(C)CCC1=O. The first-order chi connectivity index (χ1) is 9.10. The second-order valence-corrected chi connectivity index (χ2v) is 6.08. The molecule has 0 saturated carbocycles. The molecule has 4 rings (SSSR count). The van der Waals surface area contributed by atoms with Crippen LogP contribution in [0, 0.1) is 5.41 Å². The average molecular weight is 252 g/mol. The molecule has 0 spiro atoms. The van der Waals surface area contributed by atoms with Crippen molar-refractivity contribution in [3.05, 3.63) is 35.0 Å². The molecule has 96 valence electrons. The van der Waals surface area contributed by atoms with Gasteiger partial charge >= 0.3 is 0 Å². The van der Waals surface area contributed by atoms with Crippen LogP contribution in [0.4, 0.5) is 0 Å². The number of nitrogens with one attached hydrogen (secondary N) is 1. The van der Waals surface area contributed by atoms with Gasteiger partial charge in [-0.15, -0.1) is 0 Å². The molecule has 1 unspecified atom stereocenters. The van der Waals surface area contributed by atoms with Crippen LogP contribution >= 0.6 is 0 Å². The summed E-state index contributed by atoms with van der Waals surface area (Å²) >= 11 is 0. The number of nitrogens with zero attached hydrogens (tertiary/aromatic N) is 1. The molecule has 1 aromatic heterocycles. The predicted molar refractivity (Wildman–Crippen MR) is 74.7 cm³/mol. The van der Waals surface area contributed by atoms with Gasteiger partial charge in [-0.1, -0.05) is 13.0 Å². The Kier molecular flexibility index (Phi) is 1.93. The first-order valence-electron chi connectivity index (χ1n) is 6.80. The van der Waals surface area contributed by atoms with Crippen molar-refractivity contribution in [3.63, 3.8) is 0 Å². The van der Waals surface area contributed by atoms with E-state index < -0.39 is 0 Å². The van der Waals surface area contributed by atoms with Gasteiger partial charge in [-0.25, -0.2) is 0 Å². The van der Waals surface area contributed by atoms with Crippen molar-refractivity contribution in [3.8, 4) is 0 Å². The maximum Gasteiger partial charge on any atom is 0.158 e. The van der Waals surface area contributed by atoms with Crippen LogP contribution in [0.1, 0.15) is 37.8 Å². The molecule has 0 bridgehead atoms. The number of carbonyl (C=O) groups is 1. The molecule has 3 nitrogen and oxygen atoms in total. The summed E-state index contributed by atoms with van der Waals surface area (Å²) in [6, 6.07) is 4.23. The Bertz CT molecular complexity index is 753. The molecule has 1 N–H and O–H groups in total. The Hall–Kier alpha value is -1.90. The van der Waals surface area contributed by atoms with Gasteiger partial charge in [0.1, 0.15) is 0 Å². The summed E-state index contributed by atoms with van der Waals surface area (Å²) in [6.07, 6.45) is 4.59. The van der Waals surface area contributed by atoms with E-state index in [9.17, 15) is 4.79 Å². The van der Waals surface area contributed by atoms with Crippen LogP contribution in [0.25, 0.3) is 16.5 Å². The quantitative estimate of drug-likeness (QED) is 0.782. The Morgan fingerprint density at radius 3 is 3.05 bits per heavy atom. The second-order valence-electron chi connectivity index (χ2n) is 6.08. The van der Waals surface area contributed by atoms with Crippen LogP contribution in [0.15, 0.2) is 23.9 Å². The van der Waals surface area contributed by atoms with Gasteiger partial charge in [0.25, 0.3) is 0 Å². The van der Waals surface area contributed by atoms with Crippen LogP contribution in [0.5, 0.6) is 0 Å². The number of aromatic nitrogens is 2. The van der Waals surface area contributed by atoms with Crippen LogP contribution in [0.3, 0.4) is 0 Å². The van der Waals surface area contributed by atoms with E-state index in [4.69, 9.17) is 0 Å². The molecule has 2 aliphatic carbocycles. The number of H-pyrrole nitrogens is 1. The minimum absolute atomic E-state index is 0.131. The highest BCUT2D eigenvalue weighted by Crippen LogP contribution is 2.54. The van der Waals surface area contributed by atoms with Crippen LogP contribution in [0.2, 0.25) is 0 Å². The topological polar surface area (TPSA) is 45.8 Å². The summed E-state index contributed by atoms with van der Waals surface area (Å²) in [4.78, 5) is 12.0. The maximum atomic E-state index is 12.0. The molecule has 1 aromatic carbocycles. The number of fused-ring (bicyclic) bond motifs is 5. The molecule has 1 heterocycles. The fourth-order valence-corrected chi connectivity index (χ4v) is 3.89. The molecule has 19 heavy (non-hydrogen) atoms. The molecule has 1 atom stereocenters. The van der Waals surface area contributed by atoms with Crippen LogP contribution < -0.4 is 0 Å². The summed E-state index contributed by atoms with van der Waals surface area (Å²) in [6.45, 7) is 4.29. The molecule has 2 aromatic rings. The van der Waals surface area contributed by atoms with Crippen molar-refractivity contribution in [1.29, 1.82) is 0 Å². The summed E-state index contributed by atoms with van der Waals surface area (Å²) in [7, 11) is 0. The number of allylic oxidation sites excluding steroid dienone is 2. The van der Waals surface area contributed by atoms with E-state index in [1.807, 2.05) is 13.1 Å². The first-order valence-corrected chi connectivity index (χ1v) is 6.80. The molecule has 0 radical (unpaired) electrons. The number of ketones is 1. The standard InChI is InChI=1S/C16H16N2O/c1-9-14(19)5-6-16(2)7-11-10(15(9)16)3-4-13-12(11)8-17-18-13/h3-4,8H,5-7H2,1-2H3,(H,17,18). The number of carbonyl (C=O) groups excluding carboxylic acids is 1. The summed E-state index contributed by atoms with van der Waals surface area (Å²) in [5.41, 5.74) is 6.09. The molecule has 3 heteroatoms. The van der Waals surface area contributed by atoms with Gasteiger partial charge in [-0.2, -0.15) is 5.10 Å². The van der Waals surface area contributed by atoms with Crippen molar-refractivity contribution >= 4 is 22.3 Å². The van der Waals surface area contributed by atoms with Gasteiger partial charge in [0.05, 0.1) is 11.7 Å². The zero-order valence-corrected chi connectivity index (χ0v) is 11.2. The highest BCUT2D eigenvalue weighted by molar-refractivity contribution is 6.07. The molecular formula is C16H16N2O. The second kappa shape index (κ2) is 3.35. The van der Waals surface area contributed by atoms with Gasteiger partial charge < -0.3 is 0 Å². The highest BCUT2D eigenvalue weighted by Gasteiger charge is 2.43. The lowest BCUT2D eigenvalue weighted by Crippen LogP contribution is -2.24. The third kappa shape index (κ3) is 1.28. The molecule has 0 aliphatic heterocycles. The average Bonchev–Trinajstić information content (AvgIpc) is 2.95. The number of hydrogen-bond donors (Lipinski definition) is 1. The number of Topliss-reactive ketones (excluding diaryl/α,β-unsaturated/α-hetero) is 1. The number of hydrogen-bond acceptors (Lipinski definition) is 2. The third-order valence-electron chi connectivity index (χ3n) is 4.87. The summed E-state index contributed by atoms with van der Waals surface area (Å²) in [5.74, 6) is 0.313. The fraction of sp³-hybridized carbons (Fsp3) is 0.375. The zero-order valence-electron chi connectivity index (χ0n) is 11.2. The third-order valence-corrected chi connectivity index (χ3v) is 4.87. The Labute approximate surface area is 111 Å². The first kappa shape index (κ1) is 11.0. The van der Waals surface area contributed by atoms with Gasteiger partial charge in [0.2, 0.25) is 0 Å². The molecule has 0 saturated heterocycles. The molecular weight excluding hydrogens is 236 g/mol. The minimum Gasteiger partial charge on any atom is -0.295 e. The lowest BCUT2D eigenvalue weighted by Gasteiger charge is -2.31. The van der Waals surface area contributed by atoms with E-state index in [1.165, 1.54) is 22.1 Å². The Balaban J connectivity index is 2.08. The summed E-state index contributed by atoms with van der Waals surface area (Å²) < 4.78 is 0. The van der Waals surface area contributed by atoms with E-state index >= 15 is 0 Å². The largest absolute Gasteiger partial charge is 0.295 e. The number of aromatic amines is 1. The summed E-state index contributed by atoms with van der Waals surface area (Å²) in [5, 5.41) is 8.38. The molecule has 2 aliphatic rings. The number of benzene rings is 1. The predicted octanol–water partition coefficient (Wildman–Crippen LogP) is 3.26. The zero-order chi connectivity index (χ0) is 13.2. The van der Waals surface area contributed by atoms with E-state index in [0.29, 0.717) is 12.2 Å². The van der Waals surface area contributed by atoms with Crippen LogP contribution in [-0.4, -0.2) is 16.0 Å². The van der Waals surface area contributed by atoms with Gasteiger partial charge in [0, 0.05) is 11.8 Å².